The lowest BCUT2D eigenvalue weighted by Crippen LogP contribution is -2.10. The average Bonchev–Trinajstić information content (AvgIpc) is 3.17. The summed E-state index contributed by atoms with van der Waals surface area (Å²) in [5.41, 5.74) is 11.5. The lowest BCUT2D eigenvalue weighted by molar-refractivity contribution is 0.629. The normalized spacial score (nSPS) is 14.4. The molecular weight excluding hydrogens is 417 g/mol. The van der Waals surface area contributed by atoms with Gasteiger partial charge in [0.15, 0.2) is 0 Å². The van der Waals surface area contributed by atoms with Crippen LogP contribution in [0, 0.1) is 5.82 Å². The second-order valence-corrected chi connectivity index (χ2v) is 8.72. The Labute approximate surface area is 207 Å². The first-order valence-electron chi connectivity index (χ1n) is 12.9. The van der Waals surface area contributed by atoms with Crippen LogP contribution in [-0.4, -0.2) is 4.98 Å². The Morgan fingerprint density at radius 3 is 2.15 bits per heavy atom. The van der Waals surface area contributed by atoms with Crippen LogP contribution in [0.4, 0.5) is 4.39 Å². The Hall–Kier alpha value is -2.74. The van der Waals surface area contributed by atoms with E-state index in [1.165, 1.54) is 34.3 Å². The van der Waals surface area contributed by atoms with Gasteiger partial charge in [0.25, 0.3) is 0 Å². The summed E-state index contributed by atoms with van der Waals surface area (Å²) in [5.74, 6) is -0.217. The van der Waals surface area contributed by atoms with Crippen molar-refractivity contribution in [3.63, 3.8) is 0 Å². The van der Waals surface area contributed by atoms with E-state index >= 15 is 4.39 Å². The van der Waals surface area contributed by atoms with Crippen molar-refractivity contribution in [1.82, 2.24) is 4.98 Å². The molecule has 0 unspecified atom stereocenters. The molecule has 0 bridgehead atoms. The van der Waals surface area contributed by atoms with E-state index in [0.717, 1.165) is 60.2 Å². The summed E-state index contributed by atoms with van der Waals surface area (Å²) in [6.07, 6.45) is 10.6. The molecule has 0 amide bonds. The molecule has 1 aromatic carbocycles. The van der Waals surface area contributed by atoms with Crippen molar-refractivity contribution in [3.8, 4) is 11.3 Å². The highest BCUT2D eigenvalue weighted by Crippen LogP contribution is 2.41. The molecular formula is C32H42FN. The molecule has 34 heavy (non-hydrogen) atoms. The zero-order valence-electron chi connectivity index (χ0n) is 22.4. The third kappa shape index (κ3) is 5.66. The van der Waals surface area contributed by atoms with Gasteiger partial charge in [-0.2, -0.15) is 0 Å². The van der Waals surface area contributed by atoms with Crippen LogP contribution in [0.3, 0.4) is 0 Å². The van der Waals surface area contributed by atoms with Crippen molar-refractivity contribution < 1.29 is 4.39 Å². The maximum absolute atomic E-state index is 15.2. The van der Waals surface area contributed by atoms with Crippen LogP contribution in [0.2, 0.25) is 0 Å². The third-order valence-corrected chi connectivity index (χ3v) is 6.31. The standard InChI is InChI=1S/C28H30FN.2C2H6/c1-17(2)20-14-15-23(24(29)16-20)28-22-12-8-6-7-11-21(22)27-25(30-28)13-9-10-19(5)26(27)18(3)4;2*1-2/h9-10,14-16H,1,3,6-8,11-13H2,2,4-5H3;2*1-2H3. The molecule has 1 heterocycles. The molecule has 0 radical (unpaired) electrons. The Morgan fingerprint density at radius 2 is 1.56 bits per heavy atom. The first-order valence-corrected chi connectivity index (χ1v) is 12.9. The van der Waals surface area contributed by atoms with Gasteiger partial charge in [0.05, 0.1) is 11.4 Å². The minimum absolute atomic E-state index is 0.217. The van der Waals surface area contributed by atoms with Crippen molar-refractivity contribution in [2.45, 2.75) is 87.0 Å². The average molecular weight is 460 g/mol. The summed E-state index contributed by atoms with van der Waals surface area (Å²) >= 11 is 0. The Bertz CT molecular complexity index is 1110. The van der Waals surface area contributed by atoms with Crippen LogP contribution in [0.15, 0.2) is 54.7 Å². The Morgan fingerprint density at radius 1 is 0.912 bits per heavy atom. The molecule has 0 fully saturated rings. The van der Waals surface area contributed by atoms with Crippen LogP contribution in [0.25, 0.3) is 22.4 Å². The fourth-order valence-corrected chi connectivity index (χ4v) is 4.87. The zero-order chi connectivity index (χ0) is 25.4. The second-order valence-electron chi connectivity index (χ2n) is 8.72. The smallest absolute Gasteiger partial charge is 0.133 e. The highest BCUT2D eigenvalue weighted by atomic mass is 19.1. The molecule has 0 atom stereocenters. The van der Waals surface area contributed by atoms with Crippen LogP contribution in [0.5, 0.6) is 0 Å². The third-order valence-electron chi connectivity index (χ3n) is 6.31. The van der Waals surface area contributed by atoms with E-state index in [4.69, 9.17) is 4.98 Å². The molecule has 182 valence electrons. The first-order chi connectivity index (χ1) is 16.4. The van der Waals surface area contributed by atoms with Crippen molar-refractivity contribution in [2.75, 3.05) is 0 Å². The van der Waals surface area contributed by atoms with Crippen molar-refractivity contribution in [1.29, 1.82) is 0 Å². The van der Waals surface area contributed by atoms with E-state index in [-0.39, 0.29) is 5.82 Å². The molecule has 0 saturated carbocycles. The second kappa shape index (κ2) is 12.6. The lowest BCUT2D eigenvalue weighted by Gasteiger charge is -2.22. The number of hydrogen-bond donors (Lipinski definition) is 0. The number of aromatic nitrogens is 1. The first kappa shape index (κ1) is 27.5. The number of fused-ring (bicyclic) bond motifs is 3. The minimum Gasteiger partial charge on any atom is -0.251 e. The zero-order valence-corrected chi connectivity index (χ0v) is 22.4. The number of rotatable bonds is 3. The van der Waals surface area contributed by atoms with E-state index in [0.29, 0.717) is 5.56 Å². The summed E-state index contributed by atoms with van der Waals surface area (Å²) in [6, 6.07) is 5.43. The number of nitrogens with zero attached hydrogens (tertiary/aromatic N) is 1. The fraction of sp³-hybridized carbons (Fsp3) is 0.406. The Kier molecular flexibility index (Phi) is 10.2. The molecule has 2 aliphatic rings. The van der Waals surface area contributed by atoms with E-state index in [9.17, 15) is 0 Å². The van der Waals surface area contributed by atoms with E-state index in [2.05, 4.69) is 39.2 Å². The number of hydrogen-bond acceptors (Lipinski definition) is 1. The van der Waals surface area contributed by atoms with Gasteiger partial charge in [-0.1, -0.05) is 76.6 Å². The summed E-state index contributed by atoms with van der Waals surface area (Å²) in [6.45, 7) is 22.4. The predicted molar refractivity (Wildman–Crippen MR) is 149 cm³/mol. The minimum atomic E-state index is -0.217. The molecule has 0 N–H and O–H groups in total. The monoisotopic (exact) mass is 459 g/mol. The highest BCUT2D eigenvalue weighted by Gasteiger charge is 2.26. The van der Waals surface area contributed by atoms with Gasteiger partial charge in [-0.3, -0.25) is 4.98 Å². The van der Waals surface area contributed by atoms with Gasteiger partial charge in [0.1, 0.15) is 5.82 Å². The van der Waals surface area contributed by atoms with Crippen LogP contribution >= 0.6 is 0 Å². The number of halogens is 1. The van der Waals surface area contributed by atoms with Gasteiger partial charge in [0, 0.05) is 17.5 Å². The lowest BCUT2D eigenvalue weighted by atomic mass is 9.85. The molecule has 1 aromatic heterocycles. The molecule has 1 nitrogen and oxygen atoms in total. The van der Waals surface area contributed by atoms with Crippen LogP contribution in [-0.2, 0) is 19.3 Å². The predicted octanol–water partition coefficient (Wildman–Crippen LogP) is 9.70. The van der Waals surface area contributed by atoms with Crippen LogP contribution < -0.4 is 0 Å². The van der Waals surface area contributed by atoms with Gasteiger partial charge in [-0.15, -0.1) is 0 Å². The molecule has 0 spiro atoms. The van der Waals surface area contributed by atoms with Gasteiger partial charge >= 0.3 is 0 Å². The molecule has 2 aliphatic carbocycles. The van der Waals surface area contributed by atoms with Crippen molar-refractivity contribution in [2.24, 2.45) is 0 Å². The molecule has 2 heteroatoms. The van der Waals surface area contributed by atoms with Gasteiger partial charge < -0.3 is 0 Å². The Balaban J connectivity index is 0.000000970. The number of pyridine rings is 1. The maximum atomic E-state index is 15.2. The maximum Gasteiger partial charge on any atom is 0.133 e. The molecule has 0 saturated heterocycles. The van der Waals surface area contributed by atoms with Crippen molar-refractivity contribution >= 4 is 11.1 Å². The largest absolute Gasteiger partial charge is 0.251 e. The SMILES string of the molecule is C=C(C)C1=C(C)C=CCc2nc(-c3ccc(C(=C)C)cc3F)c3c(c21)CCCCC3.CC.CC. The topological polar surface area (TPSA) is 12.9 Å². The summed E-state index contributed by atoms with van der Waals surface area (Å²) in [7, 11) is 0. The van der Waals surface area contributed by atoms with Crippen LogP contribution in [0.1, 0.15) is 95.7 Å². The quantitative estimate of drug-likeness (QED) is 0.416. The van der Waals surface area contributed by atoms with E-state index in [1.54, 1.807) is 6.07 Å². The van der Waals surface area contributed by atoms with E-state index < -0.39 is 0 Å². The molecule has 2 aromatic rings. The highest BCUT2D eigenvalue weighted by molar-refractivity contribution is 5.87. The summed E-state index contributed by atoms with van der Waals surface area (Å²) in [4.78, 5) is 5.11. The molecule has 4 rings (SSSR count). The van der Waals surface area contributed by atoms with Gasteiger partial charge in [0.2, 0.25) is 0 Å². The number of benzene rings is 1. The van der Waals surface area contributed by atoms with Gasteiger partial charge in [-0.05, 0) is 86.4 Å². The van der Waals surface area contributed by atoms with Crippen molar-refractivity contribution in [3.05, 3.63) is 88.4 Å². The summed E-state index contributed by atoms with van der Waals surface area (Å²) in [5, 5.41) is 0. The number of allylic oxidation sites excluding steroid dienone is 6. The van der Waals surface area contributed by atoms with Gasteiger partial charge in [-0.25, -0.2) is 4.39 Å². The molecule has 0 aliphatic heterocycles. The van der Waals surface area contributed by atoms with E-state index in [1.807, 2.05) is 46.8 Å². The fourth-order valence-electron chi connectivity index (χ4n) is 4.87. The summed E-state index contributed by atoms with van der Waals surface area (Å²) < 4.78 is 15.2.